The summed E-state index contributed by atoms with van der Waals surface area (Å²) in [5.41, 5.74) is 0.408. The first-order valence-corrected chi connectivity index (χ1v) is 8.82. The van der Waals surface area contributed by atoms with Crippen molar-refractivity contribution >= 4 is 21.6 Å². The van der Waals surface area contributed by atoms with E-state index < -0.39 is 10.0 Å². The third kappa shape index (κ3) is 3.76. The van der Waals surface area contributed by atoms with Crippen molar-refractivity contribution in [1.82, 2.24) is 4.31 Å². The Morgan fingerprint density at radius 3 is 2.81 bits per heavy atom. The third-order valence-corrected chi connectivity index (χ3v) is 5.91. The number of rotatable bonds is 6. The molecule has 1 heterocycles. The average Bonchev–Trinajstić information content (AvgIpc) is 2.97. The minimum Gasteiger partial charge on any atom is -0.392 e. The quantitative estimate of drug-likeness (QED) is 0.865. The fourth-order valence-electron chi connectivity index (χ4n) is 2.39. The first-order valence-electron chi connectivity index (χ1n) is 7.00. The SMILES string of the molecule is CCN(CC1CCCO1)S(=O)(=O)c1ccc(Cl)c(CO)c1. The van der Waals surface area contributed by atoms with E-state index in [2.05, 4.69) is 0 Å². The van der Waals surface area contributed by atoms with Gasteiger partial charge in [-0.3, -0.25) is 0 Å². The van der Waals surface area contributed by atoms with E-state index in [4.69, 9.17) is 16.3 Å². The van der Waals surface area contributed by atoms with Crippen molar-refractivity contribution in [2.45, 2.75) is 37.4 Å². The van der Waals surface area contributed by atoms with Crippen molar-refractivity contribution in [2.75, 3.05) is 19.7 Å². The van der Waals surface area contributed by atoms with Crippen LogP contribution in [-0.4, -0.2) is 43.6 Å². The van der Waals surface area contributed by atoms with E-state index in [1.54, 1.807) is 6.92 Å². The second-order valence-corrected chi connectivity index (χ2v) is 7.35. The summed E-state index contributed by atoms with van der Waals surface area (Å²) in [7, 11) is -3.60. The van der Waals surface area contributed by atoms with Crippen LogP contribution in [0.2, 0.25) is 5.02 Å². The van der Waals surface area contributed by atoms with E-state index in [1.807, 2.05) is 0 Å². The van der Waals surface area contributed by atoms with Crippen molar-refractivity contribution in [2.24, 2.45) is 0 Å². The molecule has 7 heteroatoms. The number of nitrogens with zero attached hydrogens (tertiary/aromatic N) is 1. The molecule has 0 aromatic heterocycles. The number of hydrogen-bond donors (Lipinski definition) is 1. The molecule has 5 nitrogen and oxygen atoms in total. The maximum Gasteiger partial charge on any atom is 0.243 e. The highest BCUT2D eigenvalue weighted by Gasteiger charge is 2.28. The van der Waals surface area contributed by atoms with E-state index in [1.165, 1.54) is 22.5 Å². The molecule has 0 saturated carbocycles. The Balaban J connectivity index is 2.25. The molecule has 1 unspecified atom stereocenters. The molecule has 1 N–H and O–H groups in total. The monoisotopic (exact) mass is 333 g/mol. The molecule has 1 fully saturated rings. The summed E-state index contributed by atoms with van der Waals surface area (Å²) >= 11 is 5.91. The molecule has 0 bridgehead atoms. The van der Waals surface area contributed by atoms with Gasteiger partial charge >= 0.3 is 0 Å². The molecule has 0 aliphatic carbocycles. The van der Waals surface area contributed by atoms with Gasteiger partial charge in [-0.15, -0.1) is 0 Å². The highest BCUT2D eigenvalue weighted by Crippen LogP contribution is 2.24. The van der Waals surface area contributed by atoms with Crippen molar-refractivity contribution in [3.05, 3.63) is 28.8 Å². The average molecular weight is 334 g/mol. The molecule has 0 spiro atoms. The summed E-state index contributed by atoms with van der Waals surface area (Å²) < 4.78 is 32.3. The minimum absolute atomic E-state index is 0.0377. The van der Waals surface area contributed by atoms with Crippen molar-refractivity contribution < 1.29 is 18.3 Å². The Kier molecular flexibility index (Phi) is 5.62. The van der Waals surface area contributed by atoms with Crippen LogP contribution in [0.15, 0.2) is 23.1 Å². The number of halogens is 1. The summed E-state index contributed by atoms with van der Waals surface area (Å²) in [5, 5.41) is 9.58. The molecular formula is C14H20ClNO4S. The van der Waals surface area contributed by atoms with Crippen molar-refractivity contribution in [3.63, 3.8) is 0 Å². The van der Waals surface area contributed by atoms with Gasteiger partial charge in [0, 0.05) is 24.7 Å². The van der Waals surface area contributed by atoms with Gasteiger partial charge in [0.15, 0.2) is 0 Å². The van der Waals surface area contributed by atoms with Crippen LogP contribution in [-0.2, 0) is 21.4 Å². The van der Waals surface area contributed by atoms with Gasteiger partial charge in [0.1, 0.15) is 0 Å². The molecule has 1 atom stereocenters. The maximum atomic E-state index is 12.7. The maximum absolute atomic E-state index is 12.7. The van der Waals surface area contributed by atoms with Crippen LogP contribution in [0.5, 0.6) is 0 Å². The lowest BCUT2D eigenvalue weighted by Gasteiger charge is -2.23. The fraction of sp³-hybridized carbons (Fsp3) is 0.571. The second-order valence-electron chi connectivity index (χ2n) is 5.00. The molecule has 1 aliphatic heterocycles. The molecule has 1 aromatic rings. The molecular weight excluding hydrogens is 314 g/mol. The van der Waals surface area contributed by atoms with Gasteiger partial charge in [-0.25, -0.2) is 8.42 Å². The van der Waals surface area contributed by atoms with Gasteiger partial charge in [-0.1, -0.05) is 18.5 Å². The van der Waals surface area contributed by atoms with Gasteiger partial charge < -0.3 is 9.84 Å². The van der Waals surface area contributed by atoms with E-state index in [0.717, 1.165) is 12.8 Å². The van der Waals surface area contributed by atoms with Crippen LogP contribution in [0.3, 0.4) is 0 Å². The normalized spacial score (nSPS) is 19.3. The lowest BCUT2D eigenvalue weighted by Crippen LogP contribution is -2.37. The number of aliphatic hydroxyl groups is 1. The van der Waals surface area contributed by atoms with Crippen LogP contribution < -0.4 is 0 Å². The van der Waals surface area contributed by atoms with Crippen molar-refractivity contribution in [1.29, 1.82) is 0 Å². The van der Waals surface area contributed by atoms with Gasteiger partial charge in [-0.2, -0.15) is 4.31 Å². The number of likely N-dealkylation sites (N-methyl/N-ethyl adjacent to an activating group) is 1. The van der Waals surface area contributed by atoms with Crippen LogP contribution in [0, 0.1) is 0 Å². The molecule has 1 aliphatic rings. The van der Waals surface area contributed by atoms with E-state index >= 15 is 0 Å². The van der Waals surface area contributed by atoms with E-state index in [0.29, 0.717) is 30.3 Å². The highest BCUT2D eigenvalue weighted by atomic mass is 35.5. The Morgan fingerprint density at radius 1 is 1.48 bits per heavy atom. The van der Waals surface area contributed by atoms with Crippen LogP contribution in [0.4, 0.5) is 0 Å². The summed E-state index contributed by atoms with van der Waals surface area (Å²) in [6, 6.07) is 4.39. The predicted octanol–water partition coefficient (Wildman–Crippen LogP) is 2.02. The largest absolute Gasteiger partial charge is 0.392 e. The zero-order valence-electron chi connectivity index (χ0n) is 12.0. The van der Waals surface area contributed by atoms with Gasteiger partial charge in [0.25, 0.3) is 0 Å². The number of aliphatic hydroxyl groups excluding tert-OH is 1. The molecule has 1 saturated heterocycles. The summed E-state index contributed by atoms with van der Waals surface area (Å²) in [4.78, 5) is 0.149. The molecule has 0 radical (unpaired) electrons. The zero-order valence-corrected chi connectivity index (χ0v) is 13.5. The highest BCUT2D eigenvalue weighted by molar-refractivity contribution is 7.89. The molecule has 118 valence electrons. The first-order chi connectivity index (χ1) is 9.98. The van der Waals surface area contributed by atoms with E-state index in [9.17, 15) is 13.5 Å². The topological polar surface area (TPSA) is 66.8 Å². The summed E-state index contributed by atoms with van der Waals surface area (Å²) in [5.74, 6) is 0. The van der Waals surface area contributed by atoms with Gasteiger partial charge in [-0.05, 0) is 36.6 Å². The summed E-state index contributed by atoms with van der Waals surface area (Å²) in [6.45, 7) is 2.93. The molecule has 2 rings (SSSR count). The lowest BCUT2D eigenvalue weighted by atomic mass is 10.2. The Morgan fingerprint density at radius 2 is 2.24 bits per heavy atom. The Bertz CT molecular complexity index is 585. The van der Waals surface area contributed by atoms with Gasteiger partial charge in [0.2, 0.25) is 10.0 Å². The lowest BCUT2D eigenvalue weighted by molar-refractivity contribution is 0.0947. The number of benzene rings is 1. The van der Waals surface area contributed by atoms with Crippen LogP contribution in [0.25, 0.3) is 0 Å². The van der Waals surface area contributed by atoms with Crippen LogP contribution in [0.1, 0.15) is 25.3 Å². The summed E-state index contributed by atoms with van der Waals surface area (Å²) in [6.07, 6.45) is 1.82. The third-order valence-electron chi connectivity index (χ3n) is 3.61. The second kappa shape index (κ2) is 7.07. The van der Waals surface area contributed by atoms with Crippen molar-refractivity contribution in [3.8, 4) is 0 Å². The molecule has 1 aromatic carbocycles. The van der Waals surface area contributed by atoms with Crippen LogP contribution >= 0.6 is 11.6 Å². The standard InChI is InChI=1S/C14H20ClNO4S/c1-2-16(9-12-4-3-7-20-12)21(18,19)13-5-6-14(15)11(8-13)10-17/h5-6,8,12,17H,2-4,7,9-10H2,1H3. The Labute approximate surface area is 130 Å². The van der Waals surface area contributed by atoms with E-state index in [-0.39, 0.29) is 17.6 Å². The number of hydrogen-bond acceptors (Lipinski definition) is 4. The number of sulfonamides is 1. The zero-order chi connectivity index (χ0) is 15.5. The Hall–Kier alpha value is -0.660. The first kappa shape index (κ1) is 16.7. The van der Waals surface area contributed by atoms with Gasteiger partial charge in [0.05, 0.1) is 17.6 Å². The minimum atomic E-state index is -3.60. The fourth-order valence-corrected chi connectivity index (χ4v) is 4.10. The molecule has 21 heavy (non-hydrogen) atoms. The smallest absolute Gasteiger partial charge is 0.243 e. The molecule has 0 amide bonds. The predicted molar refractivity (Wildman–Crippen MR) is 80.8 cm³/mol. The number of ether oxygens (including phenoxy) is 1.